The molecule has 0 aliphatic rings. The van der Waals surface area contributed by atoms with Crippen molar-refractivity contribution in [1.82, 2.24) is 10.2 Å². The van der Waals surface area contributed by atoms with Crippen molar-refractivity contribution in [3.05, 3.63) is 58.6 Å². The van der Waals surface area contributed by atoms with Gasteiger partial charge in [-0.1, -0.05) is 29.3 Å². The van der Waals surface area contributed by atoms with Gasteiger partial charge in [-0.3, -0.25) is 0 Å². The molecule has 0 radical (unpaired) electrons. The standard InChI is InChI=1S/C16H13ClN2O/c1-10-4-3-5-12(8-10)15-18-19-16(20-15)13-6-7-14(17)11(2)9-13/h3-9H,1-2H3. The molecule has 0 amide bonds. The number of aryl methyl sites for hydroxylation is 2. The van der Waals surface area contributed by atoms with Gasteiger partial charge in [0.05, 0.1) is 0 Å². The van der Waals surface area contributed by atoms with E-state index >= 15 is 0 Å². The van der Waals surface area contributed by atoms with Crippen LogP contribution in [0.1, 0.15) is 11.1 Å². The van der Waals surface area contributed by atoms with Crippen molar-refractivity contribution in [2.75, 3.05) is 0 Å². The molecule has 0 saturated heterocycles. The summed E-state index contributed by atoms with van der Waals surface area (Å²) in [5, 5.41) is 8.94. The van der Waals surface area contributed by atoms with Crippen molar-refractivity contribution in [3.63, 3.8) is 0 Å². The van der Waals surface area contributed by atoms with E-state index in [4.69, 9.17) is 16.0 Å². The maximum atomic E-state index is 6.02. The number of hydrogen-bond donors (Lipinski definition) is 0. The Balaban J connectivity index is 1.99. The predicted octanol–water partition coefficient (Wildman–Crippen LogP) is 4.67. The molecule has 0 spiro atoms. The van der Waals surface area contributed by atoms with Crippen LogP contribution in [-0.4, -0.2) is 10.2 Å². The Labute approximate surface area is 122 Å². The Hall–Kier alpha value is -2.13. The van der Waals surface area contributed by atoms with Crippen molar-refractivity contribution in [1.29, 1.82) is 0 Å². The van der Waals surface area contributed by atoms with Crippen molar-refractivity contribution >= 4 is 11.6 Å². The Bertz CT molecular complexity index is 765. The van der Waals surface area contributed by atoms with E-state index in [2.05, 4.69) is 10.2 Å². The zero-order valence-electron chi connectivity index (χ0n) is 11.2. The van der Waals surface area contributed by atoms with Gasteiger partial charge in [-0.15, -0.1) is 10.2 Å². The van der Waals surface area contributed by atoms with Gasteiger partial charge < -0.3 is 4.42 Å². The molecule has 3 aromatic rings. The maximum absolute atomic E-state index is 6.02. The minimum absolute atomic E-state index is 0.501. The van der Waals surface area contributed by atoms with E-state index in [1.807, 2.05) is 56.3 Å². The molecule has 3 rings (SSSR count). The van der Waals surface area contributed by atoms with Gasteiger partial charge in [-0.25, -0.2) is 0 Å². The van der Waals surface area contributed by atoms with E-state index in [9.17, 15) is 0 Å². The van der Waals surface area contributed by atoms with Crippen molar-refractivity contribution < 1.29 is 4.42 Å². The van der Waals surface area contributed by atoms with Crippen LogP contribution in [0.2, 0.25) is 5.02 Å². The molecule has 0 fully saturated rings. The quantitative estimate of drug-likeness (QED) is 0.686. The minimum atomic E-state index is 0.501. The maximum Gasteiger partial charge on any atom is 0.248 e. The number of rotatable bonds is 2. The lowest BCUT2D eigenvalue weighted by atomic mass is 10.1. The summed E-state index contributed by atoms with van der Waals surface area (Å²) in [4.78, 5) is 0. The van der Waals surface area contributed by atoms with Crippen molar-refractivity contribution in [2.24, 2.45) is 0 Å². The molecule has 4 heteroatoms. The largest absolute Gasteiger partial charge is 0.416 e. The van der Waals surface area contributed by atoms with Crippen LogP contribution in [0.5, 0.6) is 0 Å². The summed E-state index contributed by atoms with van der Waals surface area (Å²) >= 11 is 6.02. The van der Waals surface area contributed by atoms with Crippen LogP contribution >= 0.6 is 11.6 Å². The lowest BCUT2D eigenvalue weighted by Gasteiger charge is -1.99. The van der Waals surface area contributed by atoms with Crippen molar-refractivity contribution in [3.8, 4) is 22.9 Å². The smallest absolute Gasteiger partial charge is 0.248 e. The first-order chi connectivity index (χ1) is 9.63. The molecule has 0 aliphatic carbocycles. The normalized spacial score (nSPS) is 10.8. The molecule has 0 atom stereocenters. The summed E-state index contributed by atoms with van der Waals surface area (Å²) in [5.41, 5.74) is 3.94. The average molecular weight is 285 g/mol. The third-order valence-electron chi connectivity index (χ3n) is 3.09. The molecule has 0 N–H and O–H groups in total. The number of halogens is 1. The number of benzene rings is 2. The highest BCUT2D eigenvalue weighted by atomic mass is 35.5. The molecule has 1 heterocycles. The highest BCUT2D eigenvalue weighted by Crippen LogP contribution is 2.27. The van der Waals surface area contributed by atoms with Gasteiger partial charge in [0.1, 0.15) is 0 Å². The molecule has 0 bridgehead atoms. The fourth-order valence-corrected chi connectivity index (χ4v) is 2.13. The fraction of sp³-hybridized carbons (Fsp3) is 0.125. The Morgan fingerprint density at radius 1 is 0.900 bits per heavy atom. The number of aromatic nitrogens is 2. The summed E-state index contributed by atoms with van der Waals surface area (Å²) in [5.74, 6) is 1.03. The first-order valence-electron chi connectivity index (χ1n) is 6.30. The Morgan fingerprint density at radius 3 is 2.25 bits per heavy atom. The first-order valence-corrected chi connectivity index (χ1v) is 6.68. The lowest BCUT2D eigenvalue weighted by Crippen LogP contribution is -1.80. The second-order valence-corrected chi connectivity index (χ2v) is 5.15. The topological polar surface area (TPSA) is 38.9 Å². The van der Waals surface area contributed by atoms with Crippen LogP contribution in [-0.2, 0) is 0 Å². The van der Waals surface area contributed by atoms with Gasteiger partial charge in [-0.05, 0) is 49.7 Å². The molecule has 0 aliphatic heterocycles. The van der Waals surface area contributed by atoms with E-state index < -0.39 is 0 Å². The summed E-state index contributed by atoms with van der Waals surface area (Å²) in [6.07, 6.45) is 0. The van der Waals surface area contributed by atoms with Gasteiger partial charge in [0.15, 0.2) is 0 Å². The van der Waals surface area contributed by atoms with Gasteiger partial charge >= 0.3 is 0 Å². The molecule has 3 nitrogen and oxygen atoms in total. The first kappa shape index (κ1) is 12.9. The summed E-state index contributed by atoms with van der Waals surface area (Å²) in [7, 11) is 0. The third kappa shape index (κ3) is 2.45. The lowest BCUT2D eigenvalue weighted by molar-refractivity contribution is 0.584. The average Bonchev–Trinajstić information content (AvgIpc) is 2.92. The molecule has 1 aromatic heterocycles. The van der Waals surface area contributed by atoms with E-state index in [0.717, 1.165) is 27.3 Å². The molecule has 100 valence electrons. The monoisotopic (exact) mass is 284 g/mol. The van der Waals surface area contributed by atoms with E-state index in [0.29, 0.717) is 11.8 Å². The van der Waals surface area contributed by atoms with Gasteiger partial charge in [0.2, 0.25) is 11.8 Å². The van der Waals surface area contributed by atoms with Crippen molar-refractivity contribution in [2.45, 2.75) is 13.8 Å². The van der Waals surface area contributed by atoms with E-state index in [1.165, 1.54) is 0 Å². The van der Waals surface area contributed by atoms with Crippen LogP contribution in [0.15, 0.2) is 46.9 Å². The van der Waals surface area contributed by atoms with Crippen LogP contribution in [0, 0.1) is 13.8 Å². The van der Waals surface area contributed by atoms with Crippen LogP contribution in [0.4, 0.5) is 0 Å². The third-order valence-corrected chi connectivity index (χ3v) is 3.52. The molecule has 0 saturated carbocycles. The van der Waals surface area contributed by atoms with E-state index in [-0.39, 0.29) is 0 Å². The SMILES string of the molecule is Cc1cccc(-c2nnc(-c3ccc(Cl)c(C)c3)o2)c1. The molecular formula is C16H13ClN2O. The highest BCUT2D eigenvalue weighted by molar-refractivity contribution is 6.31. The van der Waals surface area contributed by atoms with Crippen LogP contribution in [0.3, 0.4) is 0 Å². The zero-order chi connectivity index (χ0) is 14.1. The molecule has 0 unspecified atom stereocenters. The summed E-state index contributed by atoms with van der Waals surface area (Å²) in [6, 6.07) is 13.6. The molecule has 2 aromatic carbocycles. The predicted molar refractivity (Wildman–Crippen MR) is 79.7 cm³/mol. The van der Waals surface area contributed by atoms with E-state index in [1.54, 1.807) is 0 Å². The van der Waals surface area contributed by atoms with Crippen LogP contribution < -0.4 is 0 Å². The molecular weight excluding hydrogens is 272 g/mol. The fourth-order valence-electron chi connectivity index (χ4n) is 2.01. The number of nitrogens with zero attached hydrogens (tertiary/aromatic N) is 2. The highest BCUT2D eigenvalue weighted by Gasteiger charge is 2.11. The minimum Gasteiger partial charge on any atom is -0.416 e. The second-order valence-electron chi connectivity index (χ2n) is 4.75. The Kier molecular flexibility index (Phi) is 3.28. The van der Waals surface area contributed by atoms with Gasteiger partial charge in [0, 0.05) is 16.1 Å². The Morgan fingerprint density at radius 2 is 1.60 bits per heavy atom. The summed E-state index contributed by atoms with van der Waals surface area (Å²) < 4.78 is 5.74. The molecule has 20 heavy (non-hydrogen) atoms. The number of hydrogen-bond acceptors (Lipinski definition) is 3. The van der Waals surface area contributed by atoms with Gasteiger partial charge in [-0.2, -0.15) is 0 Å². The van der Waals surface area contributed by atoms with Gasteiger partial charge in [0.25, 0.3) is 0 Å². The zero-order valence-corrected chi connectivity index (χ0v) is 12.0. The second kappa shape index (κ2) is 5.10. The van der Waals surface area contributed by atoms with Crippen LogP contribution in [0.25, 0.3) is 22.9 Å². The summed E-state index contributed by atoms with van der Waals surface area (Å²) in [6.45, 7) is 3.98.